The van der Waals surface area contributed by atoms with E-state index in [1.807, 2.05) is 11.3 Å². The summed E-state index contributed by atoms with van der Waals surface area (Å²) in [6, 6.07) is 0.586. The summed E-state index contributed by atoms with van der Waals surface area (Å²) in [7, 11) is 0. The third-order valence-corrected chi connectivity index (χ3v) is 5.20. The third-order valence-electron chi connectivity index (χ3n) is 3.98. The summed E-state index contributed by atoms with van der Waals surface area (Å²) in [5.74, 6) is 0. The van der Waals surface area contributed by atoms with Crippen molar-refractivity contribution in [3.8, 4) is 0 Å². The van der Waals surface area contributed by atoms with E-state index in [0.29, 0.717) is 6.04 Å². The van der Waals surface area contributed by atoms with Crippen molar-refractivity contribution in [3.05, 3.63) is 10.6 Å². The molecule has 1 aliphatic rings. The number of hydrogen-bond acceptors (Lipinski definition) is 4. The van der Waals surface area contributed by atoms with Gasteiger partial charge in [0.15, 0.2) is 5.13 Å². The summed E-state index contributed by atoms with van der Waals surface area (Å²) < 4.78 is 0. The highest BCUT2D eigenvalue weighted by atomic mass is 32.1. The van der Waals surface area contributed by atoms with Crippen LogP contribution in [0, 0.1) is 6.92 Å². The van der Waals surface area contributed by atoms with E-state index >= 15 is 0 Å². The van der Waals surface area contributed by atoms with Gasteiger partial charge in [0.2, 0.25) is 0 Å². The average Bonchev–Trinajstić information content (AvgIpc) is 2.64. The molecule has 108 valence electrons. The van der Waals surface area contributed by atoms with Gasteiger partial charge in [0.25, 0.3) is 0 Å². The molecule has 19 heavy (non-hydrogen) atoms. The van der Waals surface area contributed by atoms with Gasteiger partial charge in [-0.25, -0.2) is 4.98 Å². The van der Waals surface area contributed by atoms with E-state index in [0.717, 1.165) is 6.54 Å². The number of thiazole rings is 1. The highest BCUT2D eigenvalue weighted by molar-refractivity contribution is 7.15. The second kappa shape index (κ2) is 7.25. The lowest BCUT2D eigenvalue weighted by molar-refractivity contribution is 0.536. The Labute approximate surface area is 121 Å². The molecule has 1 atom stereocenters. The molecule has 0 aliphatic carbocycles. The average molecular weight is 281 g/mol. The number of hydrogen-bond donors (Lipinski definition) is 1. The molecule has 2 rings (SSSR count). The summed E-state index contributed by atoms with van der Waals surface area (Å²) in [6.45, 7) is 9.94. The molecule has 4 heteroatoms. The molecule has 1 fully saturated rings. The quantitative estimate of drug-likeness (QED) is 0.891. The SMILES string of the molecule is CCC(C)NCc1sc(N2CCCCCC2)nc1C. The Morgan fingerprint density at radius 2 is 1.95 bits per heavy atom. The van der Waals surface area contributed by atoms with Crippen LogP contribution in [0.2, 0.25) is 0 Å². The molecule has 1 unspecified atom stereocenters. The summed E-state index contributed by atoms with van der Waals surface area (Å²) in [5.41, 5.74) is 1.21. The van der Waals surface area contributed by atoms with Gasteiger partial charge in [-0.3, -0.25) is 0 Å². The van der Waals surface area contributed by atoms with E-state index in [4.69, 9.17) is 4.98 Å². The van der Waals surface area contributed by atoms with E-state index in [1.54, 1.807) is 0 Å². The van der Waals surface area contributed by atoms with Gasteiger partial charge in [-0.2, -0.15) is 0 Å². The highest BCUT2D eigenvalue weighted by Crippen LogP contribution is 2.28. The fourth-order valence-corrected chi connectivity index (χ4v) is 3.45. The number of rotatable bonds is 5. The maximum absolute atomic E-state index is 4.78. The van der Waals surface area contributed by atoms with Crippen molar-refractivity contribution in [1.29, 1.82) is 0 Å². The molecule has 1 aromatic rings. The molecule has 1 aromatic heterocycles. The van der Waals surface area contributed by atoms with Gasteiger partial charge in [-0.1, -0.05) is 19.8 Å². The van der Waals surface area contributed by atoms with Crippen LogP contribution >= 0.6 is 11.3 Å². The first-order chi connectivity index (χ1) is 9.20. The molecule has 0 radical (unpaired) electrons. The van der Waals surface area contributed by atoms with Crippen LogP contribution in [-0.4, -0.2) is 24.1 Å². The van der Waals surface area contributed by atoms with Crippen molar-refractivity contribution in [3.63, 3.8) is 0 Å². The lowest BCUT2D eigenvalue weighted by Gasteiger charge is -2.18. The Bertz CT molecular complexity index is 381. The molecule has 2 heterocycles. The van der Waals surface area contributed by atoms with E-state index in [-0.39, 0.29) is 0 Å². The zero-order valence-electron chi connectivity index (χ0n) is 12.5. The predicted molar refractivity (Wildman–Crippen MR) is 84.1 cm³/mol. The Morgan fingerprint density at radius 1 is 1.26 bits per heavy atom. The smallest absolute Gasteiger partial charge is 0.185 e. The van der Waals surface area contributed by atoms with Crippen molar-refractivity contribution in [2.75, 3.05) is 18.0 Å². The zero-order chi connectivity index (χ0) is 13.7. The number of aryl methyl sites for hydroxylation is 1. The fraction of sp³-hybridized carbons (Fsp3) is 0.800. The van der Waals surface area contributed by atoms with E-state index in [2.05, 4.69) is 31.0 Å². The van der Waals surface area contributed by atoms with Crippen LogP contribution in [-0.2, 0) is 6.54 Å². The Hall–Kier alpha value is -0.610. The molecule has 0 aromatic carbocycles. The standard InChI is InChI=1S/C15H27N3S/c1-4-12(2)16-11-14-13(3)17-15(19-14)18-9-7-5-6-8-10-18/h12,16H,4-11H2,1-3H3. The van der Waals surface area contributed by atoms with Gasteiger partial charge in [0.1, 0.15) is 0 Å². The third kappa shape index (κ3) is 4.18. The maximum atomic E-state index is 4.78. The van der Waals surface area contributed by atoms with Crippen molar-refractivity contribution >= 4 is 16.5 Å². The zero-order valence-corrected chi connectivity index (χ0v) is 13.4. The highest BCUT2D eigenvalue weighted by Gasteiger charge is 2.15. The molecule has 0 bridgehead atoms. The van der Waals surface area contributed by atoms with Gasteiger partial charge in [-0.05, 0) is 33.1 Å². The van der Waals surface area contributed by atoms with Crippen LogP contribution in [0.5, 0.6) is 0 Å². The van der Waals surface area contributed by atoms with Crippen LogP contribution in [0.25, 0.3) is 0 Å². The van der Waals surface area contributed by atoms with Crippen LogP contribution < -0.4 is 10.2 Å². The van der Waals surface area contributed by atoms with Crippen molar-refractivity contribution in [1.82, 2.24) is 10.3 Å². The summed E-state index contributed by atoms with van der Waals surface area (Å²) in [4.78, 5) is 8.67. The summed E-state index contributed by atoms with van der Waals surface area (Å²) in [6.07, 6.45) is 6.57. The van der Waals surface area contributed by atoms with Gasteiger partial charge in [0.05, 0.1) is 5.69 Å². The maximum Gasteiger partial charge on any atom is 0.185 e. The second-order valence-electron chi connectivity index (χ2n) is 5.60. The number of nitrogens with one attached hydrogen (secondary N) is 1. The van der Waals surface area contributed by atoms with E-state index < -0.39 is 0 Å². The van der Waals surface area contributed by atoms with Crippen molar-refractivity contribution < 1.29 is 0 Å². The first-order valence-electron chi connectivity index (χ1n) is 7.65. The first-order valence-corrected chi connectivity index (χ1v) is 8.47. The number of aromatic nitrogens is 1. The van der Waals surface area contributed by atoms with Gasteiger partial charge >= 0.3 is 0 Å². The molecule has 0 spiro atoms. The molecule has 1 N–H and O–H groups in total. The Kier molecular flexibility index (Phi) is 5.64. The molecule has 3 nitrogen and oxygen atoms in total. The number of nitrogens with zero attached hydrogens (tertiary/aromatic N) is 2. The summed E-state index contributed by atoms with van der Waals surface area (Å²) in [5, 5.41) is 4.81. The minimum absolute atomic E-state index is 0.586. The minimum atomic E-state index is 0.586. The normalized spacial score (nSPS) is 18.4. The van der Waals surface area contributed by atoms with Crippen LogP contribution in [0.4, 0.5) is 5.13 Å². The lowest BCUT2D eigenvalue weighted by atomic mass is 10.2. The second-order valence-corrected chi connectivity index (χ2v) is 6.66. The van der Waals surface area contributed by atoms with Crippen LogP contribution in [0.3, 0.4) is 0 Å². The Morgan fingerprint density at radius 3 is 2.58 bits per heavy atom. The topological polar surface area (TPSA) is 28.2 Å². The first kappa shape index (κ1) is 14.8. The molecule has 0 amide bonds. The van der Waals surface area contributed by atoms with Crippen molar-refractivity contribution in [2.24, 2.45) is 0 Å². The largest absolute Gasteiger partial charge is 0.348 e. The number of anilines is 1. The molecule has 0 saturated carbocycles. The van der Waals surface area contributed by atoms with Crippen molar-refractivity contribution in [2.45, 2.75) is 65.5 Å². The van der Waals surface area contributed by atoms with Gasteiger partial charge in [-0.15, -0.1) is 11.3 Å². The Balaban J connectivity index is 1.98. The molecule has 1 aliphatic heterocycles. The molecular weight excluding hydrogens is 254 g/mol. The van der Waals surface area contributed by atoms with E-state index in [9.17, 15) is 0 Å². The van der Waals surface area contributed by atoms with Gasteiger partial charge in [0, 0.05) is 30.6 Å². The predicted octanol–water partition coefficient (Wildman–Crippen LogP) is 3.72. The fourth-order valence-electron chi connectivity index (χ4n) is 2.39. The minimum Gasteiger partial charge on any atom is -0.348 e. The summed E-state index contributed by atoms with van der Waals surface area (Å²) >= 11 is 1.88. The van der Waals surface area contributed by atoms with Gasteiger partial charge < -0.3 is 10.2 Å². The monoisotopic (exact) mass is 281 g/mol. The molecular formula is C15H27N3S. The van der Waals surface area contributed by atoms with Crippen LogP contribution in [0.15, 0.2) is 0 Å². The lowest BCUT2D eigenvalue weighted by Crippen LogP contribution is -2.24. The van der Waals surface area contributed by atoms with E-state index in [1.165, 1.54) is 60.9 Å². The van der Waals surface area contributed by atoms with Crippen LogP contribution in [0.1, 0.15) is 56.5 Å². The molecule has 1 saturated heterocycles.